The van der Waals surface area contributed by atoms with E-state index in [1.54, 1.807) is 29.4 Å². The van der Waals surface area contributed by atoms with Crippen molar-refractivity contribution in [3.8, 4) is 0 Å². The number of rotatable bonds is 4. The molecule has 2 aromatic rings. The van der Waals surface area contributed by atoms with Crippen LogP contribution in [0.1, 0.15) is 24.1 Å². The van der Waals surface area contributed by atoms with Crippen molar-refractivity contribution in [2.75, 3.05) is 32.1 Å². The molecule has 8 heteroatoms. The fourth-order valence-corrected chi connectivity index (χ4v) is 5.16. The maximum atomic E-state index is 12.5. The predicted octanol–water partition coefficient (Wildman–Crippen LogP) is 2.85. The normalized spacial score (nSPS) is 19.8. The fraction of sp³-hybridized carbons (Fsp3) is 0.588. The molecular formula is C17H21N3O3S2. The molecular weight excluding hydrogens is 358 g/mol. The summed E-state index contributed by atoms with van der Waals surface area (Å²) in [5, 5.41) is 2.06. The molecule has 1 spiro atoms. The van der Waals surface area contributed by atoms with Crippen LogP contribution in [-0.4, -0.2) is 58.6 Å². The van der Waals surface area contributed by atoms with Crippen LogP contribution in [0.2, 0.25) is 0 Å². The van der Waals surface area contributed by atoms with Crippen LogP contribution in [0.4, 0.5) is 0 Å². The molecule has 1 amide bonds. The summed E-state index contributed by atoms with van der Waals surface area (Å²) in [7, 11) is 0. The minimum atomic E-state index is -0.422. The number of amides is 1. The molecule has 0 N–H and O–H groups in total. The molecule has 0 aromatic carbocycles. The van der Waals surface area contributed by atoms with E-state index in [-0.39, 0.29) is 5.91 Å². The number of hydrogen-bond acceptors (Lipinski definition) is 7. The largest absolute Gasteiger partial charge is 0.347 e. The number of carbonyl (C=O) groups is 1. The van der Waals surface area contributed by atoms with Gasteiger partial charge in [0, 0.05) is 48.4 Å². The lowest BCUT2D eigenvalue weighted by Crippen LogP contribution is -2.47. The highest BCUT2D eigenvalue weighted by Crippen LogP contribution is 2.32. The van der Waals surface area contributed by atoms with Gasteiger partial charge in [0.05, 0.1) is 13.2 Å². The van der Waals surface area contributed by atoms with Gasteiger partial charge in [-0.15, -0.1) is 23.1 Å². The molecule has 2 aliphatic heterocycles. The predicted molar refractivity (Wildman–Crippen MR) is 97.9 cm³/mol. The maximum absolute atomic E-state index is 12.5. The Balaban J connectivity index is 1.29. The van der Waals surface area contributed by atoms with E-state index in [0.717, 1.165) is 33.8 Å². The second kappa shape index (κ2) is 7.19. The van der Waals surface area contributed by atoms with E-state index >= 15 is 0 Å². The van der Waals surface area contributed by atoms with Gasteiger partial charge in [-0.25, -0.2) is 9.97 Å². The summed E-state index contributed by atoms with van der Waals surface area (Å²) in [5.74, 6) is 0.510. The van der Waals surface area contributed by atoms with Crippen LogP contribution in [0, 0.1) is 6.92 Å². The molecule has 134 valence electrons. The van der Waals surface area contributed by atoms with E-state index in [4.69, 9.17) is 9.47 Å². The average molecular weight is 380 g/mol. The summed E-state index contributed by atoms with van der Waals surface area (Å²) in [4.78, 5) is 25.3. The highest BCUT2D eigenvalue weighted by molar-refractivity contribution is 7.99. The molecule has 0 aliphatic carbocycles. The number of aromatic nitrogens is 2. The highest BCUT2D eigenvalue weighted by atomic mass is 32.2. The van der Waals surface area contributed by atoms with Gasteiger partial charge < -0.3 is 14.4 Å². The van der Waals surface area contributed by atoms with E-state index in [1.165, 1.54) is 4.88 Å². The van der Waals surface area contributed by atoms with Crippen LogP contribution < -0.4 is 0 Å². The van der Waals surface area contributed by atoms with Gasteiger partial charge in [0.1, 0.15) is 16.2 Å². The van der Waals surface area contributed by atoms with Gasteiger partial charge in [-0.1, -0.05) is 0 Å². The van der Waals surface area contributed by atoms with Gasteiger partial charge in [0.2, 0.25) is 5.91 Å². The smallest absolute Gasteiger partial charge is 0.223 e. The van der Waals surface area contributed by atoms with Crippen molar-refractivity contribution in [2.45, 2.75) is 37.0 Å². The van der Waals surface area contributed by atoms with Crippen molar-refractivity contribution in [1.29, 1.82) is 0 Å². The van der Waals surface area contributed by atoms with Gasteiger partial charge in [-0.2, -0.15) is 0 Å². The van der Waals surface area contributed by atoms with E-state index in [9.17, 15) is 4.79 Å². The molecule has 0 radical (unpaired) electrons. The molecule has 2 saturated heterocycles. The fourth-order valence-electron chi connectivity index (χ4n) is 3.34. The second-order valence-electron chi connectivity index (χ2n) is 6.34. The van der Waals surface area contributed by atoms with Gasteiger partial charge in [-0.05, 0) is 13.0 Å². The van der Waals surface area contributed by atoms with E-state index in [0.29, 0.717) is 32.7 Å². The van der Waals surface area contributed by atoms with Crippen molar-refractivity contribution < 1.29 is 14.3 Å². The molecule has 6 nitrogen and oxygen atoms in total. The first-order chi connectivity index (χ1) is 12.2. The van der Waals surface area contributed by atoms with Gasteiger partial charge in [0.25, 0.3) is 0 Å². The molecule has 2 aliphatic rings. The number of likely N-dealkylation sites (tertiary alicyclic amines) is 1. The number of thioether (sulfide) groups is 1. The molecule has 0 unspecified atom stereocenters. The Kier molecular flexibility index (Phi) is 4.95. The van der Waals surface area contributed by atoms with Crippen LogP contribution in [0.15, 0.2) is 17.4 Å². The zero-order valence-electron chi connectivity index (χ0n) is 14.2. The Labute approximate surface area is 154 Å². The third kappa shape index (κ3) is 3.67. The Hall–Kier alpha value is -1.22. The summed E-state index contributed by atoms with van der Waals surface area (Å²) in [5.41, 5.74) is 0. The lowest BCUT2D eigenvalue weighted by molar-refractivity contribution is -0.187. The van der Waals surface area contributed by atoms with Crippen molar-refractivity contribution in [3.63, 3.8) is 0 Å². The monoisotopic (exact) mass is 379 g/mol. The summed E-state index contributed by atoms with van der Waals surface area (Å²) in [6, 6.07) is 2.12. The molecule has 4 heterocycles. The Morgan fingerprint density at radius 2 is 2.08 bits per heavy atom. The summed E-state index contributed by atoms with van der Waals surface area (Å²) >= 11 is 3.31. The van der Waals surface area contributed by atoms with E-state index in [1.807, 2.05) is 4.90 Å². The number of ether oxygens (including phenoxy) is 2. The molecule has 0 saturated carbocycles. The SMILES string of the molecule is Cc1cc2c(SCCC(=O)N3CCC4(CC3)OCCO4)ncnc2s1. The molecule has 0 bridgehead atoms. The number of thiophene rings is 1. The topological polar surface area (TPSA) is 64.6 Å². The number of carbonyl (C=O) groups excluding carboxylic acids is 1. The minimum absolute atomic E-state index is 0.201. The molecule has 4 rings (SSSR count). The number of fused-ring (bicyclic) bond motifs is 1. The maximum Gasteiger partial charge on any atom is 0.223 e. The highest BCUT2D eigenvalue weighted by Gasteiger charge is 2.40. The first-order valence-electron chi connectivity index (χ1n) is 8.55. The summed E-state index contributed by atoms with van der Waals surface area (Å²) < 4.78 is 11.4. The number of aryl methyl sites for hydroxylation is 1. The Morgan fingerprint density at radius 3 is 2.84 bits per heavy atom. The summed E-state index contributed by atoms with van der Waals surface area (Å²) in [6.45, 7) is 4.83. The van der Waals surface area contributed by atoms with Crippen LogP contribution in [0.25, 0.3) is 10.2 Å². The Morgan fingerprint density at radius 1 is 1.32 bits per heavy atom. The number of piperidine rings is 1. The van der Waals surface area contributed by atoms with E-state index < -0.39 is 5.79 Å². The second-order valence-corrected chi connectivity index (χ2v) is 8.66. The lowest BCUT2D eigenvalue weighted by atomic mass is 10.0. The lowest BCUT2D eigenvalue weighted by Gasteiger charge is -2.37. The van der Waals surface area contributed by atoms with Crippen molar-refractivity contribution in [2.24, 2.45) is 0 Å². The van der Waals surface area contributed by atoms with Gasteiger partial charge >= 0.3 is 0 Å². The number of hydrogen-bond donors (Lipinski definition) is 0. The number of nitrogens with zero attached hydrogens (tertiary/aromatic N) is 3. The van der Waals surface area contributed by atoms with E-state index in [2.05, 4.69) is 23.0 Å². The zero-order valence-corrected chi connectivity index (χ0v) is 15.8. The minimum Gasteiger partial charge on any atom is -0.347 e. The van der Waals surface area contributed by atoms with Crippen molar-refractivity contribution in [1.82, 2.24) is 14.9 Å². The third-order valence-electron chi connectivity index (χ3n) is 4.66. The molecule has 0 atom stereocenters. The van der Waals surface area contributed by atoms with Crippen LogP contribution in [0.3, 0.4) is 0 Å². The molecule has 2 aromatic heterocycles. The quantitative estimate of drug-likeness (QED) is 0.601. The zero-order chi connectivity index (χ0) is 17.3. The van der Waals surface area contributed by atoms with Crippen LogP contribution >= 0.6 is 23.1 Å². The molecule has 25 heavy (non-hydrogen) atoms. The molecule has 2 fully saturated rings. The third-order valence-corrected chi connectivity index (χ3v) is 6.63. The van der Waals surface area contributed by atoms with Gasteiger partial charge in [0.15, 0.2) is 5.79 Å². The van der Waals surface area contributed by atoms with Gasteiger partial charge in [-0.3, -0.25) is 4.79 Å². The van der Waals surface area contributed by atoms with Crippen LogP contribution in [0.5, 0.6) is 0 Å². The first kappa shape index (κ1) is 17.2. The summed E-state index contributed by atoms with van der Waals surface area (Å²) in [6.07, 6.45) is 3.67. The Bertz CT molecular complexity index is 764. The van der Waals surface area contributed by atoms with Crippen molar-refractivity contribution in [3.05, 3.63) is 17.3 Å². The first-order valence-corrected chi connectivity index (χ1v) is 10.4. The standard InChI is InChI=1S/C17H21N3O3S2/c1-12-10-13-15(18-11-19-16(13)25-12)24-9-2-14(21)20-5-3-17(4-6-20)22-7-8-23-17/h10-11H,2-9H2,1H3. The average Bonchev–Trinajstić information content (AvgIpc) is 3.22. The van der Waals surface area contributed by atoms with Crippen LogP contribution in [-0.2, 0) is 14.3 Å². The van der Waals surface area contributed by atoms with Crippen molar-refractivity contribution >= 4 is 39.2 Å².